The summed E-state index contributed by atoms with van der Waals surface area (Å²) in [6.45, 7) is 8.46. The smallest absolute Gasteiger partial charge is 0.138 e. The van der Waals surface area contributed by atoms with Crippen molar-refractivity contribution < 1.29 is 5.11 Å². The minimum Gasteiger partial charge on any atom is -0.394 e. The molecular formula is C15H26N4O. The van der Waals surface area contributed by atoms with Gasteiger partial charge in [0, 0.05) is 18.0 Å². The molecular weight excluding hydrogens is 252 g/mol. The lowest BCUT2D eigenvalue weighted by atomic mass is 9.77. The number of hydrogen-bond acceptors (Lipinski definition) is 5. The Bertz CT molecular complexity index is 484. The van der Waals surface area contributed by atoms with Gasteiger partial charge in [-0.1, -0.05) is 20.8 Å². The normalized spacial score (nSPS) is 17.5. The van der Waals surface area contributed by atoms with E-state index in [9.17, 15) is 5.11 Å². The van der Waals surface area contributed by atoms with Crippen molar-refractivity contribution in [3.8, 4) is 0 Å². The summed E-state index contributed by atoms with van der Waals surface area (Å²) in [4.78, 5) is 9.29. The van der Waals surface area contributed by atoms with E-state index in [1.807, 2.05) is 14.0 Å². The largest absolute Gasteiger partial charge is 0.394 e. The van der Waals surface area contributed by atoms with E-state index < -0.39 is 0 Å². The Labute approximate surface area is 121 Å². The van der Waals surface area contributed by atoms with E-state index in [4.69, 9.17) is 4.98 Å². The molecule has 5 heteroatoms. The van der Waals surface area contributed by atoms with Crippen molar-refractivity contribution in [2.75, 3.05) is 24.3 Å². The van der Waals surface area contributed by atoms with Gasteiger partial charge in [-0.15, -0.1) is 0 Å². The van der Waals surface area contributed by atoms with Gasteiger partial charge < -0.3 is 15.7 Å². The third kappa shape index (κ3) is 2.73. The first kappa shape index (κ1) is 15.0. The van der Waals surface area contributed by atoms with E-state index in [2.05, 4.69) is 36.4 Å². The summed E-state index contributed by atoms with van der Waals surface area (Å²) in [6, 6.07) is 0. The molecule has 1 aromatic rings. The molecule has 1 heterocycles. The Morgan fingerprint density at radius 3 is 2.20 bits per heavy atom. The van der Waals surface area contributed by atoms with Crippen LogP contribution in [0.25, 0.3) is 0 Å². The van der Waals surface area contributed by atoms with Gasteiger partial charge in [-0.2, -0.15) is 0 Å². The number of aromatic nitrogens is 2. The molecule has 0 saturated heterocycles. The van der Waals surface area contributed by atoms with Gasteiger partial charge in [-0.3, -0.25) is 0 Å². The molecule has 20 heavy (non-hydrogen) atoms. The summed E-state index contributed by atoms with van der Waals surface area (Å²) in [6.07, 6.45) is 3.14. The summed E-state index contributed by atoms with van der Waals surface area (Å²) in [5, 5.41) is 16.2. The minimum atomic E-state index is -0.195. The molecule has 0 bridgehead atoms. The molecule has 1 aliphatic carbocycles. The van der Waals surface area contributed by atoms with E-state index in [1.54, 1.807) is 0 Å². The number of rotatable bonds is 4. The fourth-order valence-corrected chi connectivity index (χ4v) is 2.39. The maximum absolute atomic E-state index is 9.62. The zero-order valence-corrected chi connectivity index (χ0v) is 13.2. The van der Waals surface area contributed by atoms with Gasteiger partial charge in [0.05, 0.1) is 12.1 Å². The number of aliphatic hydroxyl groups excluding tert-OH is 1. The van der Waals surface area contributed by atoms with Crippen molar-refractivity contribution in [1.82, 2.24) is 9.97 Å². The number of aliphatic hydroxyl groups is 1. The Morgan fingerprint density at radius 2 is 1.80 bits per heavy atom. The molecule has 0 spiro atoms. The quantitative estimate of drug-likeness (QED) is 0.789. The Morgan fingerprint density at radius 1 is 1.20 bits per heavy atom. The van der Waals surface area contributed by atoms with Crippen LogP contribution in [-0.2, 0) is 5.41 Å². The lowest BCUT2D eigenvalue weighted by Crippen LogP contribution is -2.48. The van der Waals surface area contributed by atoms with E-state index in [-0.39, 0.29) is 17.6 Å². The van der Waals surface area contributed by atoms with Crippen LogP contribution < -0.4 is 10.6 Å². The molecule has 0 atom stereocenters. The third-order valence-electron chi connectivity index (χ3n) is 4.05. The Hall–Kier alpha value is -1.36. The molecule has 1 aliphatic rings. The zero-order valence-electron chi connectivity index (χ0n) is 13.2. The van der Waals surface area contributed by atoms with Gasteiger partial charge >= 0.3 is 0 Å². The van der Waals surface area contributed by atoms with Crippen LogP contribution in [0.15, 0.2) is 0 Å². The van der Waals surface area contributed by atoms with E-state index in [0.717, 1.165) is 42.3 Å². The SMILES string of the molecule is CNc1nc(C(C)(C)C)nc(NC2(CO)CCC2)c1C. The van der Waals surface area contributed by atoms with E-state index in [0.29, 0.717) is 0 Å². The molecule has 0 amide bonds. The second kappa shape index (κ2) is 5.20. The maximum Gasteiger partial charge on any atom is 0.138 e. The van der Waals surface area contributed by atoms with Crippen molar-refractivity contribution in [3.63, 3.8) is 0 Å². The monoisotopic (exact) mass is 278 g/mol. The highest BCUT2D eigenvalue weighted by Gasteiger charge is 2.37. The van der Waals surface area contributed by atoms with Crippen molar-refractivity contribution in [2.45, 2.75) is 57.9 Å². The number of nitrogens with one attached hydrogen (secondary N) is 2. The molecule has 1 aromatic heterocycles. The third-order valence-corrected chi connectivity index (χ3v) is 4.05. The second-order valence-corrected chi connectivity index (χ2v) is 6.79. The summed E-state index contributed by atoms with van der Waals surface area (Å²) in [5.41, 5.74) is 0.696. The van der Waals surface area contributed by atoms with Crippen LogP contribution >= 0.6 is 0 Å². The van der Waals surface area contributed by atoms with Gasteiger partial charge in [0.15, 0.2) is 0 Å². The van der Waals surface area contributed by atoms with Crippen molar-refractivity contribution in [3.05, 3.63) is 11.4 Å². The van der Waals surface area contributed by atoms with Gasteiger partial charge in [0.1, 0.15) is 17.5 Å². The number of nitrogens with zero attached hydrogens (tertiary/aromatic N) is 2. The molecule has 3 N–H and O–H groups in total. The summed E-state index contributed by atoms with van der Waals surface area (Å²) in [7, 11) is 1.87. The van der Waals surface area contributed by atoms with Gasteiger partial charge in [-0.25, -0.2) is 9.97 Å². The Kier molecular flexibility index (Phi) is 3.91. The van der Waals surface area contributed by atoms with Crippen LogP contribution in [-0.4, -0.2) is 34.3 Å². The number of anilines is 2. The fourth-order valence-electron chi connectivity index (χ4n) is 2.39. The molecule has 112 valence electrons. The predicted octanol–water partition coefficient (Wildman–Crippen LogP) is 2.45. The second-order valence-electron chi connectivity index (χ2n) is 6.79. The van der Waals surface area contributed by atoms with Crippen LogP contribution in [0, 0.1) is 6.92 Å². The van der Waals surface area contributed by atoms with Crippen LogP contribution in [0.4, 0.5) is 11.6 Å². The topological polar surface area (TPSA) is 70.1 Å². The first-order valence-corrected chi connectivity index (χ1v) is 7.27. The van der Waals surface area contributed by atoms with Gasteiger partial charge in [0.25, 0.3) is 0 Å². The zero-order chi connectivity index (χ0) is 15.0. The molecule has 0 aromatic carbocycles. The maximum atomic E-state index is 9.62. The average Bonchev–Trinajstić information content (AvgIpc) is 2.34. The fraction of sp³-hybridized carbons (Fsp3) is 0.733. The highest BCUT2D eigenvalue weighted by atomic mass is 16.3. The summed E-state index contributed by atoms with van der Waals surface area (Å²) < 4.78 is 0. The summed E-state index contributed by atoms with van der Waals surface area (Å²) >= 11 is 0. The molecule has 1 saturated carbocycles. The highest BCUT2D eigenvalue weighted by molar-refractivity contribution is 5.58. The first-order chi connectivity index (χ1) is 9.31. The number of hydrogen-bond donors (Lipinski definition) is 3. The average molecular weight is 278 g/mol. The lowest BCUT2D eigenvalue weighted by molar-refractivity contribution is 0.143. The molecule has 5 nitrogen and oxygen atoms in total. The van der Waals surface area contributed by atoms with E-state index in [1.165, 1.54) is 0 Å². The van der Waals surface area contributed by atoms with Crippen LogP contribution in [0.3, 0.4) is 0 Å². The van der Waals surface area contributed by atoms with Gasteiger partial charge in [0.2, 0.25) is 0 Å². The highest BCUT2D eigenvalue weighted by Crippen LogP contribution is 2.36. The van der Waals surface area contributed by atoms with Crippen molar-refractivity contribution in [2.24, 2.45) is 0 Å². The van der Waals surface area contributed by atoms with Crippen LogP contribution in [0.2, 0.25) is 0 Å². The molecule has 1 fully saturated rings. The van der Waals surface area contributed by atoms with Crippen molar-refractivity contribution >= 4 is 11.6 Å². The standard InChI is InChI=1S/C15H26N4O/c1-10-11(16-5)17-13(14(2,3)4)18-12(10)19-15(9-20)7-6-8-15/h20H,6-9H2,1-5H3,(H2,16,17,18,19). The molecule has 0 unspecified atom stereocenters. The summed E-state index contributed by atoms with van der Waals surface area (Å²) in [5.74, 6) is 2.49. The van der Waals surface area contributed by atoms with E-state index >= 15 is 0 Å². The molecule has 0 radical (unpaired) electrons. The lowest BCUT2D eigenvalue weighted by Gasteiger charge is -2.42. The molecule has 2 rings (SSSR count). The first-order valence-electron chi connectivity index (χ1n) is 7.27. The van der Waals surface area contributed by atoms with Crippen LogP contribution in [0.1, 0.15) is 51.4 Å². The van der Waals surface area contributed by atoms with Gasteiger partial charge in [-0.05, 0) is 26.2 Å². The minimum absolute atomic E-state index is 0.109. The predicted molar refractivity (Wildman–Crippen MR) is 82.3 cm³/mol. The van der Waals surface area contributed by atoms with Crippen molar-refractivity contribution in [1.29, 1.82) is 0 Å². The molecule has 0 aliphatic heterocycles. The Balaban J connectivity index is 2.40. The van der Waals surface area contributed by atoms with Crippen LogP contribution in [0.5, 0.6) is 0 Å².